The molecule has 1 unspecified atom stereocenters. The molecule has 0 heterocycles. The van der Waals surface area contributed by atoms with Crippen molar-refractivity contribution in [3.05, 3.63) is 28.8 Å². The number of anilines is 1. The van der Waals surface area contributed by atoms with Gasteiger partial charge in [-0.1, -0.05) is 13.0 Å². The van der Waals surface area contributed by atoms with Gasteiger partial charge in [0.15, 0.2) is 0 Å². The molecule has 0 aromatic heterocycles. The van der Waals surface area contributed by atoms with Gasteiger partial charge in [0.2, 0.25) is 0 Å². The van der Waals surface area contributed by atoms with Crippen LogP contribution >= 0.6 is 0 Å². The first-order valence-electron chi connectivity index (χ1n) is 6.44. The van der Waals surface area contributed by atoms with E-state index in [0.29, 0.717) is 5.92 Å². The second-order valence-electron chi connectivity index (χ2n) is 5.27. The quantitative estimate of drug-likeness (QED) is 0.848. The van der Waals surface area contributed by atoms with Crippen LogP contribution in [0.5, 0.6) is 0 Å². The van der Waals surface area contributed by atoms with Crippen molar-refractivity contribution >= 4 is 5.69 Å². The van der Waals surface area contributed by atoms with Gasteiger partial charge in [0, 0.05) is 19.3 Å². The molecular weight excluding hydrogens is 208 g/mol. The molecule has 2 nitrogen and oxygen atoms in total. The molecule has 17 heavy (non-hydrogen) atoms. The third-order valence-electron chi connectivity index (χ3n) is 3.58. The van der Waals surface area contributed by atoms with E-state index in [2.05, 4.69) is 51.8 Å². The average molecular weight is 234 g/mol. The van der Waals surface area contributed by atoms with E-state index in [9.17, 15) is 0 Å². The Balaban J connectivity index is 2.75. The number of aryl methyl sites for hydroxylation is 3. The lowest BCUT2D eigenvalue weighted by molar-refractivity contribution is 0.545. The van der Waals surface area contributed by atoms with Gasteiger partial charge in [0.1, 0.15) is 0 Å². The third-order valence-corrected chi connectivity index (χ3v) is 3.58. The van der Waals surface area contributed by atoms with E-state index in [1.807, 2.05) is 0 Å². The van der Waals surface area contributed by atoms with Gasteiger partial charge in [-0.25, -0.2) is 0 Å². The van der Waals surface area contributed by atoms with Crippen molar-refractivity contribution in [2.24, 2.45) is 11.7 Å². The highest BCUT2D eigenvalue weighted by Crippen LogP contribution is 2.23. The Hall–Kier alpha value is -1.02. The van der Waals surface area contributed by atoms with Gasteiger partial charge < -0.3 is 10.6 Å². The molecule has 1 aromatic carbocycles. The third kappa shape index (κ3) is 3.74. The van der Waals surface area contributed by atoms with E-state index in [-0.39, 0.29) is 0 Å². The lowest BCUT2D eigenvalue weighted by Crippen LogP contribution is -2.23. The van der Waals surface area contributed by atoms with E-state index >= 15 is 0 Å². The molecule has 0 saturated heterocycles. The number of benzene rings is 1. The molecule has 1 rings (SSSR count). The maximum atomic E-state index is 5.65. The normalized spacial score (nSPS) is 12.6. The SMILES string of the molecule is Cc1cc(C)c(N(C)CCC(C)CN)cc1C. The van der Waals surface area contributed by atoms with Crippen molar-refractivity contribution in [3.63, 3.8) is 0 Å². The Morgan fingerprint density at radius 2 is 1.71 bits per heavy atom. The zero-order valence-corrected chi connectivity index (χ0v) is 11.9. The second kappa shape index (κ2) is 6.06. The van der Waals surface area contributed by atoms with Crippen molar-refractivity contribution in [1.29, 1.82) is 0 Å². The summed E-state index contributed by atoms with van der Waals surface area (Å²) in [5, 5.41) is 0. The van der Waals surface area contributed by atoms with E-state index in [1.54, 1.807) is 0 Å². The largest absolute Gasteiger partial charge is 0.374 e. The maximum Gasteiger partial charge on any atom is 0.0396 e. The van der Waals surface area contributed by atoms with Gasteiger partial charge >= 0.3 is 0 Å². The lowest BCUT2D eigenvalue weighted by atomic mass is 10.0. The summed E-state index contributed by atoms with van der Waals surface area (Å²) in [7, 11) is 2.17. The van der Waals surface area contributed by atoms with Crippen LogP contribution < -0.4 is 10.6 Å². The summed E-state index contributed by atoms with van der Waals surface area (Å²) in [6.07, 6.45) is 1.15. The summed E-state index contributed by atoms with van der Waals surface area (Å²) < 4.78 is 0. The van der Waals surface area contributed by atoms with Crippen LogP contribution in [0.1, 0.15) is 30.0 Å². The minimum Gasteiger partial charge on any atom is -0.374 e. The number of hydrogen-bond acceptors (Lipinski definition) is 2. The Morgan fingerprint density at radius 1 is 1.12 bits per heavy atom. The Morgan fingerprint density at radius 3 is 2.29 bits per heavy atom. The van der Waals surface area contributed by atoms with Crippen molar-refractivity contribution in [1.82, 2.24) is 0 Å². The van der Waals surface area contributed by atoms with Crippen molar-refractivity contribution < 1.29 is 0 Å². The van der Waals surface area contributed by atoms with Crippen LogP contribution in [0.3, 0.4) is 0 Å². The van der Waals surface area contributed by atoms with Crippen LogP contribution in [0.2, 0.25) is 0 Å². The molecule has 1 atom stereocenters. The summed E-state index contributed by atoms with van der Waals surface area (Å²) in [5.41, 5.74) is 11.1. The number of nitrogens with two attached hydrogens (primary N) is 1. The molecule has 0 fully saturated rings. The molecule has 0 bridgehead atoms. The Bertz CT molecular complexity index is 371. The molecule has 0 amide bonds. The molecule has 0 spiro atoms. The monoisotopic (exact) mass is 234 g/mol. The number of hydrogen-bond donors (Lipinski definition) is 1. The predicted molar refractivity (Wildman–Crippen MR) is 76.8 cm³/mol. The van der Waals surface area contributed by atoms with Crippen molar-refractivity contribution in [2.45, 2.75) is 34.1 Å². The second-order valence-corrected chi connectivity index (χ2v) is 5.27. The standard InChI is InChI=1S/C15H26N2/c1-11(10-16)6-7-17(5)15-9-13(3)12(2)8-14(15)4/h8-9,11H,6-7,10,16H2,1-5H3. The van der Waals surface area contributed by atoms with Crippen LogP contribution in [0.25, 0.3) is 0 Å². The predicted octanol–water partition coefficient (Wildman–Crippen LogP) is 3.03. The highest BCUT2D eigenvalue weighted by molar-refractivity contribution is 5.56. The first-order chi connectivity index (χ1) is 7.95. The first-order valence-corrected chi connectivity index (χ1v) is 6.44. The number of rotatable bonds is 5. The fraction of sp³-hybridized carbons (Fsp3) is 0.600. The average Bonchev–Trinajstić information content (AvgIpc) is 2.30. The molecule has 2 N–H and O–H groups in total. The summed E-state index contributed by atoms with van der Waals surface area (Å²) in [6, 6.07) is 4.56. The Labute approximate surface area is 106 Å². The minimum absolute atomic E-state index is 0.601. The molecule has 1 aromatic rings. The van der Waals surface area contributed by atoms with Crippen molar-refractivity contribution in [2.75, 3.05) is 25.0 Å². The molecule has 0 radical (unpaired) electrons. The van der Waals surface area contributed by atoms with Gasteiger partial charge in [-0.2, -0.15) is 0 Å². The van der Waals surface area contributed by atoms with Crippen molar-refractivity contribution in [3.8, 4) is 0 Å². The van der Waals surface area contributed by atoms with E-state index in [1.165, 1.54) is 22.4 Å². The number of nitrogens with zero attached hydrogens (tertiary/aromatic N) is 1. The van der Waals surface area contributed by atoms with Gasteiger partial charge in [0.25, 0.3) is 0 Å². The topological polar surface area (TPSA) is 29.3 Å². The van der Waals surface area contributed by atoms with E-state index in [0.717, 1.165) is 19.5 Å². The fourth-order valence-corrected chi connectivity index (χ4v) is 2.01. The molecule has 0 aliphatic carbocycles. The van der Waals surface area contributed by atoms with Gasteiger partial charge in [0.05, 0.1) is 0 Å². The van der Waals surface area contributed by atoms with Gasteiger partial charge in [-0.3, -0.25) is 0 Å². The van der Waals surface area contributed by atoms with E-state index < -0.39 is 0 Å². The van der Waals surface area contributed by atoms with Gasteiger partial charge in [-0.05, 0) is 62.4 Å². The van der Waals surface area contributed by atoms with Crippen LogP contribution in [0, 0.1) is 26.7 Å². The lowest BCUT2D eigenvalue weighted by Gasteiger charge is -2.24. The first kappa shape index (κ1) is 14.0. The smallest absolute Gasteiger partial charge is 0.0396 e. The summed E-state index contributed by atoms with van der Waals surface area (Å²) in [4.78, 5) is 2.34. The molecule has 0 aliphatic rings. The highest BCUT2D eigenvalue weighted by Gasteiger charge is 2.08. The minimum atomic E-state index is 0.601. The van der Waals surface area contributed by atoms with E-state index in [4.69, 9.17) is 5.73 Å². The molecule has 0 saturated carbocycles. The molecule has 2 heteroatoms. The summed E-state index contributed by atoms with van der Waals surface area (Å²) >= 11 is 0. The zero-order chi connectivity index (χ0) is 13.0. The Kier molecular flexibility index (Phi) is 5.01. The summed E-state index contributed by atoms with van der Waals surface area (Å²) in [6.45, 7) is 10.6. The fourth-order valence-electron chi connectivity index (χ4n) is 2.01. The maximum absolute atomic E-state index is 5.65. The van der Waals surface area contributed by atoms with Crippen LogP contribution in [0.15, 0.2) is 12.1 Å². The molecular formula is C15H26N2. The zero-order valence-electron chi connectivity index (χ0n) is 11.9. The molecule has 96 valence electrons. The van der Waals surface area contributed by atoms with Crippen LogP contribution in [0.4, 0.5) is 5.69 Å². The van der Waals surface area contributed by atoms with Crippen LogP contribution in [-0.2, 0) is 0 Å². The highest BCUT2D eigenvalue weighted by atomic mass is 15.1. The van der Waals surface area contributed by atoms with Gasteiger partial charge in [-0.15, -0.1) is 0 Å². The van der Waals surface area contributed by atoms with Crippen LogP contribution in [-0.4, -0.2) is 20.1 Å². The molecule has 0 aliphatic heterocycles. The summed E-state index contributed by atoms with van der Waals surface area (Å²) in [5.74, 6) is 0.601.